The average Bonchev–Trinajstić information content (AvgIpc) is 2.24. The molecule has 1 aromatic carbocycles. The van der Waals surface area contributed by atoms with Gasteiger partial charge in [-0.15, -0.1) is 0 Å². The van der Waals surface area contributed by atoms with E-state index in [0.29, 0.717) is 12.1 Å². The molecule has 0 fully saturated rings. The maximum atomic E-state index is 13.0. The van der Waals surface area contributed by atoms with Crippen LogP contribution >= 0.6 is 0 Å². The SMILES string of the molecule is CS(=O)(=O)ON=C1CCCc2cc(F)ccc21. The standard InChI is InChI=1S/C11H12FNO3S/c1-17(14,15)16-13-11-4-2-3-8-7-9(12)5-6-10(8)11/h5-7H,2-4H2,1H3. The highest BCUT2D eigenvalue weighted by Gasteiger charge is 2.17. The number of rotatable bonds is 2. The Balaban J connectivity index is 2.35. The van der Waals surface area contributed by atoms with Gasteiger partial charge in [-0.25, -0.2) is 4.39 Å². The average molecular weight is 257 g/mol. The van der Waals surface area contributed by atoms with Crippen LogP contribution in [0.15, 0.2) is 23.4 Å². The molecule has 0 aliphatic heterocycles. The first-order valence-electron chi connectivity index (χ1n) is 5.20. The fourth-order valence-electron chi connectivity index (χ4n) is 1.84. The minimum absolute atomic E-state index is 0.297. The molecule has 0 heterocycles. The normalized spacial score (nSPS) is 17.9. The Morgan fingerprint density at radius 2 is 2.12 bits per heavy atom. The molecule has 1 aliphatic carbocycles. The van der Waals surface area contributed by atoms with E-state index >= 15 is 0 Å². The van der Waals surface area contributed by atoms with E-state index in [1.165, 1.54) is 12.1 Å². The van der Waals surface area contributed by atoms with E-state index < -0.39 is 10.1 Å². The summed E-state index contributed by atoms with van der Waals surface area (Å²) in [5, 5.41) is 3.63. The lowest BCUT2D eigenvalue weighted by molar-refractivity contribution is 0.341. The van der Waals surface area contributed by atoms with E-state index in [4.69, 9.17) is 0 Å². The van der Waals surface area contributed by atoms with Crippen molar-refractivity contribution in [2.75, 3.05) is 6.26 Å². The van der Waals surface area contributed by atoms with Gasteiger partial charge in [-0.1, -0.05) is 5.16 Å². The third kappa shape index (κ3) is 3.03. The predicted molar refractivity (Wildman–Crippen MR) is 61.8 cm³/mol. The van der Waals surface area contributed by atoms with Gasteiger partial charge >= 0.3 is 10.1 Å². The van der Waals surface area contributed by atoms with Gasteiger partial charge in [0.05, 0.1) is 12.0 Å². The Labute approximate surface area is 99.2 Å². The first-order chi connectivity index (χ1) is 7.96. The summed E-state index contributed by atoms with van der Waals surface area (Å²) in [4.78, 5) is 0. The topological polar surface area (TPSA) is 55.7 Å². The molecular weight excluding hydrogens is 245 g/mol. The van der Waals surface area contributed by atoms with Crippen molar-refractivity contribution >= 4 is 15.8 Å². The molecule has 2 rings (SSSR count). The first kappa shape index (κ1) is 12.0. The molecule has 1 aliphatic rings. The third-order valence-electron chi connectivity index (χ3n) is 2.52. The van der Waals surface area contributed by atoms with Crippen molar-refractivity contribution in [2.24, 2.45) is 5.16 Å². The lowest BCUT2D eigenvalue weighted by atomic mass is 9.90. The molecule has 92 valence electrons. The zero-order chi connectivity index (χ0) is 12.5. The Morgan fingerprint density at radius 1 is 1.35 bits per heavy atom. The number of benzene rings is 1. The molecule has 0 saturated heterocycles. The second kappa shape index (κ2) is 4.44. The van der Waals surface area contributed by atoms with Crippen LogP contribution in [0.1, 0.15) is 24.0 Å². The number of aryl methyl sites for hydroxylation is 1. The van der Waals surface area contributed by atoms with Gasteiger partial charge in [-0.05, 0) is 43.0 Å². The smallest absolute Gasteiger partial charge is 0.268 e. The highest BCUT2D eigenvalue weighted by molar-refractivity contribution is 7.85. The van der Waals surface area contributed by atoms with Gasteiger partial charge in [0.2, 0.25) is 0 Å². The first-order valence-corrected chi connectivity index (χ1v) is 7.02. The summed E-state index contributed by atoms with van der Waals surface area (Å²) in [6, 6.07) is 4.39. The van der Waals surface area contributed by atoms with Crippen LogP contribution < -0.4 is 0 Å². The van der Waals surface area contributed by atoms with Crippen LogP contribution in [0.3, 0.4) is 0 Å². The molecule has 0 radical (unpaired) electrons. The monoisotopic (exact) mass is 257 g/mol. The highest BCUT2D eigenvalue weighted by atomic mass is 32.2. The minimum atomic E-state index is -3.60. The summed E-state index contributed by atoms with van der Waals surface area (Å²) < 4.78 is 39.2. The van der Waals surface area contributed by atoms with Gasteiger partial charge in [0.25, 0.3) is 0 Å². The maximum Gasteiger partial charge on any atom is 0.325 e. The van der Waals surface area contributed by atoms with Gasteiger partial charge in [0.1, 0.15) is 5.82 Å². The second-order valence-corrected chi connectivity index (χ2v) is 5.53. The van der Waals surface area contributed by atoms with Crippen LogP contribution in [0.5, 0.6) is 0 Å². The van der Waals surface area contributed by atoms with E-state index in [1.807, 2.05) is 0 Å². The van der Waals surface area contributed by atoms with Crippen molar-refractivity contribution in [2.45, 2.75) is 19.3 Å². The summed E-state index contributed by atoms with van der Waals surface area (Å²) in [5.74, 6) is -0.297. The summed E-state index contributed by atoms with van der Waals surface area (Å²) in [6.45, 7) is 0. The molecule has 0 amide bonds. The van der Waals surface area contributed by atoms with Crippen molar-refractivity contribution in [1.29, 1.82) is 0 Å². The van der Waals surface area contributed by atoms with Crippen LogP contribution in [0.4, 0.5) is 4.39 Å². The number of fused-ring (bicyclic) bond motifs is 1. The van der Waals surface area contributed by atoms with Gasteiger partial charge in [0.15, 0.2) is 0 Å². The van der Waals surface area contributed by atoms with Gasteiger partial charge < -0.3 is 0 Å². The predicted octanol–water partition coefficient (Wildman–Crippen LogP) is 1.84. The Hall–Kier alpha value is -1.43. The molecule has 0 bridgehead atoms. The Morgan fingerprint density at radius 3 is 2.82 bits per heavy atom. The fourth-order valence-corrected chi connectivity index (χ4v) is 2.06. The van der Waals surface area contributed by atoms with E-state index in [-0.39, 0.29) is 5.82 Å². The molecule has 6 heteroatoms. The van der Waals surface area contributed by atoms with Crippen molar-refractivity contribution in [3.8, 4) is 0 Å². The Kier molecular flexibility index (Phi) is 3.15. The van der Waals surface area contributed by atoms with E-state index in [9.17, 15) is 12.8 Å². The number of halogens is 1. The lowest BCUT2D eigenvalue weighted by Crippen LogP contribution is -2.13. The number of nitrogens with zero attached hydrogens (tertiary/aromatic N) is 1. The maximum absolute atomic E-state index is 13.0. The minimum Gasteiger partial charge on any atom is -0.268 e. The molecule has 0 N–H and O–H groups in total. The van der Waals surface area contributed by atoms with E-state index in [0.717, 1.165) is 30.2 Å². The van der Waals surface area contributed by atoms with Gasteiger partial charge in [0, 0.05) is 5.56 Å². The fraction of sp³-hybridized carbons (Fsp3) is 0.364. The molecule has 0 unspecified atom stereocenters. The zero-order valence-electron chi connectivity index (χ0n) is 9.31. The molecule has 0 spiro atoms. The molecule has 0 aromatic heterocycles. The van der Waals surface area contributed by atoms with Crippen molar-refractivity contribution in [1.82, 2.24) is 0 Å². The van der Waals surface area contributed by atoms with E-state index in [2.05, 4.69) is 9.44 Å². The molecular formula is C11H12FNO3S. The second-order valence-electron chi connectivity index (χ2n) is 3.97. The molecule has 0 saturated carbocycles. The molecule has 17 heavy (non-hydrogen) atoms. The van der Waals surface area contributed by atoms with Crippen LogP contribution in [-0.4, -0.2) is 20.4 Å². The lowest BCUT2D eigenvalue weighted by Gasteiger charge is -2.16. The summed E-state index contributed by atoms with van der Waals surface area (Å²) in [6.07, 6.45) is 3.15. The quantitative estimate of drug-likeness (QED) is 0.760. The summed E-state index contributed by atoms with van der Waals surface area (Å²) in [5.41, 5.74) is 2.16. The molecule has 4 nitrogen and oxygen atoms in total. The van der Waals surface area contributed by atoms with Gasteiger partial charge in [-0.3, -0.25) is 4.28 Å². The largest absolute Gasteiger partial charge is 0.325 e. The van der Waals surface area contributed by atoms with Crippen LogP contribution in [0.25, 0.3) is 0 Å². The highest BCUT2D eigenvalue weighted by Crippen LogP contribution is 2.22. The molecule has 0 atom stereocenters. The number of hydrogen-bond donors (Lipinski definition) is 0. The van der Waals surface area contributed by atoms with Gasteiger partial charge in [-0.2, -0.15) is 8.42 Å². The zero-order valence-corrected chi connectivity index (χ0v) is 10.1. The number of hydrogen-bond acceptors (Lipinski definition) is 4. The van der Waals surface area contributed by atoms with Crippen molar-refractivity contribution in [3.05, 3.63) is 35.1 Å². The van der Waals surface area contributed by atoms with E-state index in [1.54, 1.807) is 6.07 Å². The van der Waals surface area contributed by atoms with Crippen molar-refractivity contribution in [3.63, 3.8) is 0 Å². The summed E-state index contributed by atoms with van der Waals surface area (Å²) >= 11 is 0. The van der Waals surface area contributed by atoms with Crippen LogP contribution in [0.2, 0.25) is 0 Å². The summed E-state index contributed by atoms with van der Waals surface area (Å²) in [7, 11) is -3.60. The Bertz CT molecular complexity index is 566. The molecule has 1 aromatic rings. The van der Waals surface area contributed by atoms with Crippen molar-refractivity contribution < 1.29 is 17.1 Å². The van der Waals surface area contributed by atoms with Crippen LogP contribution in [-0.2, 0) is 20.8 Å². The van der Waals surface area contributed by atoms with Crippen LogP contribution in [0, 0.1) is 5.82 Å². The third-order valence-corrected chi connectivity index (χ3v) is 2.87. The number of oxime groups is 1.